The monoisotopic (exact) mass is 496 g/mol. The summed E-state index contributed by atoms with van der Waals surface area (Å²) in [7, 11) is 0. The third-order valence-corrected chi connectivity index (χ3v) is 6.43. The number of hydrogen-bond donors (Lipinski definition) is 0. The van der Waals surface area contributed by atoms with Gasteiger partial charge < -0.3 is 4.90 Å². The van der Waals surface area contributed by atoms with Gasteiger partial charge in [0.2, 0.25) is 0 Å². The third-order valence-electron chi connectivity index (χ3n) is 6.43. The number of nitriles is 5. The van der Waals surface area contributed by atoms with Crippen molar-refractivity contribution in [3.63, 3.8) is 0 Å². The van der Waals surface area contributed by atoms with Gasteiger partial charge in [-0.3, -0.25) is 0 Å². The van der Waals surface area contributed by atoms with Crippen molar-refractivity contribution in [2.45, 2.75) is 0 Å². The fourth-order valence-corrected chi connectivity index (χ4v) is 4.47. The highest BCUT2D eigenvalue weighted by atomic mass is 15.1. The molecule has 0 aliphatic carbocycles. The summed E-state index contributed by atoms with van der Waals surface area (Å²) in [5.74, 6) is 0. The van der Waals surface area contributed by atoms with Gasteiger partial charge in [0.25, 0.3) is 0 Å². The number of benzene rings is 5. The maximum Gasteiger partial charge on any atom is 0.101 e. The Hall–Kier alpha value is -6.39. The maximum absolute atomic E-state index is 9.60. The fraction of sp³-hybridized carbons (Fsp3) is 0. The Morgan fingerprint density at radius 3 is 1.41 bits per heavy atom. The summed E-state index contributed by atoms with van der Waals surface area (Å²) in [6.45, 7) is 0. The first-order chi connectivity index (χ1) is 19.1. The molecule has 0 aromatic heterocycles. The largest absolute Gasteiger partial charge is 0.310 e. The molecule has 0 saturated carbocycles. The Bertz CT molecular complexity index is 1890. The van der Waals surface area contributed by atoms with Gasteiger partial charge in [0, 0.05) is 17.1 Å². The van der Waals surface area contributed by atoms with Gasteiger partial charge >= 0.3 is 0 Å². The molecule has 0 spiro atoms. The van der Waals surface area contributed by atoms with Gasteiger partial charge in [-0.25, -0.2) is 0 Å². The third kappa shape index (κ3) is 4.60. The van der Waals surface area contributed by atoms with E-state index in [9.17, 15) is 21.0 Å². The lowest BCUT2D eigenvalue weighted by Crippen LogP contribution is -2.11. The minimum Gasteiger partial charge on any atom is -0.310 e. The van der Waals surface area contributed by atoms with E-state index in [-0.39, 0.29) is 22.3 Å². The first-order valence-electron chi connectivity index (χ1n) is 11.8. The van der Waals surface area contributed by atoms with Gasteiger partial charge in [0.1, 0.15) is 24.3 Å². The quantitative estimate of drug-likeness (QED) is 0.257. The highest BCUT2D eigenvalue weighted by Crippen LogP contribution is 2.37. The summed E-state index contributed by atoms with van der Waals surface area (Å²) in [6.07, 6.45) is 0. The number of anilines is 3. The van der Waals surface area contributed by atoms with Gasteiger partial charge in [-0.05, 0) is 88.6 Å². The van der Waals surface area contributed by atoms with E-state index < -0.39 is 0 Å². The Morgan fingerprint density at radius 2 is 0.872 bits per heavy atom. The van der Waals surface area contributed by atoms with Crippen LogP contribution in [0.4, 0.5) is 17.1 Å². The fourth-order valence-electron chi connectivity index (χ4n) is 4.47. The first kappa shape index (κ1) is 24.3. The van der Waals surface area contributed by atoms with E-state index in [1.165, 1.54) is 0 Å². The Labute approximate surface area is 225 Å². The second kappa shape index (κ2) is 10.3. The maximum atomic E-state index is 9.60. The molecule has 6 heteroatoms. The predicted molar refractivity (Wildman–Crippen MR) is 148 cm³/mol. The van der Waals surface area contributed by atoms with Gasteiger partial charge in [-0.2, -0.15) is 26.3 Å². The summed E-state index contributed by atoms with van der Waals surface area (Å²) < 4.78 is 0. The minimum absolute atomic E-state index is 0.237. The first-order valence-corrected chi connectivity index (χ1v) is 11.8. The molecule has 0 aliphatic rings. The van der Waals surface area contributed by atoms with E-state index in [1.807, 2.05) is 65.6 Å². The van der Waals surface area contributed by atoms with Gasteiger partial charge in [-0.15, -0.1) is 0 Å². The molecule has 0 bridgehead atoms. The van der Waals surface area contributed by atoms with Crippen LogP contribution in [0, 0.1) is 56.7 Å². The zero-order chi connectivity index (χ0) is 27.4. The van der Waals surface area contributed by atoms with Crippen LogP contribution in [0.1, 0.15) is 27.8 Å². The van der Waals surface area contributed by atoms with Crippen molar-refractivity contribution in [1.29, 1.82) is 26.3 Å². The molecule has 0 aliphatic heterocycles. The van der Waals surface area contributed by atoms with Crippen LogP contribution < -0.4 is 4.90 Å². The molecule has 6 nitrogen and oxygen atoms in total. The van der Waals surface area contributed by atoms with E-state index in [1.54, 1.807) is 42.5 Å². The zero-order valence-electron chi connectivity index (χ0n) is 20.4. The molecule has 0 fully saturated rings. The highest BCUT2D eigenvalue weighted by molar-refractivity contribution is 5.89. The lowest BCUT2D eigenvalue weighted by atomic mass is 9.99. The van der Waals surface area contributed by atoms with Gasteiger partial charge in [0.15, 0.2) is 0 Å². The van der Waals surface area contributed by atoms with Crippen molar-refractivity contribution in [2.75, 3.05) is 4.90 Å². The van der Waals surface area contributed by atoms with E-state index in [0.29, 0.717) is 16.9 Å². The molecule has 0 atom stereocenters. The van der Waals surface area contributed by atoms with Crippen LogP contribution in [-0.2, 0) is 0 Å². The molecule has 0 unspecified atom stereocenters. The van der Waals surface area contributed by atoms with E-state index in [4.69, 9.17) is 5.26 Å². The molecule has 5 aromatic rings. The van der Waals surface area contributed by atoms with E-state index in [2.05, 4.69) is 24.3 Å². The van der Waals surface area contributed by atoms with Gasteiger partial charge in [0.05, 0.1) is 33.9 Å². The van der Waals surface area contributed by atoms with Crippen LogP contribution in [0.5, 0.6) is 0 Å². The van der Waals surface area contributed by atoms with Crippen LogP contribution in [0.3, 0.4) is 0 Å². The zero-order valence-corrected chi connectivity index (χ0v) is 20.4. The summed E-state index contributed by atoms with van der Waals surface area (Å²) in [4.78, 5) is 1.87. The standard InChI is InChI=1S/C33H16N6/c34-17-22-1-2-26-14-25(4-3-24(26)13-22)23-5-9-31(10-6-23)39(32-11-7-27(18-35)29(15-32)20-37)33-12-8-28(19-36)30(16-33)21-38/h1-16H. The van der Waals surface area contributed by atoms with Crippen molar-refractivity contribution >= 4 is 27.8 Å². The van der Waals surface area contributed by atoms with Crippen LogP contribution >= 0.6 is 0 Å². The molecule has 0 N–H and O–H groups in total. The number of nitrogens with zero attached hydrogens (tertiary/aromatic N) is 6. The number of fused-ring (bicyclic) bond motifs is 1. The van der Waals surface area contributed by atoms with E-state index >= 15 is 0 Å². The molecule has 178 valence electrons. The van der Waals surface area contributed by atoms with Gasteiger partial charge in [-0.1, -0.05) is 30.3 Å². The van der Waals surface area contributed by atoms with Crippen LogP contribution in [0.25, 0.3) is 21.9 Å². The molecular weight excluding hydrogens is 480 g/mol. The molecule has 39 heavy (non-hydrogen) atoms. The van der Waals surface area contributed by atoms with Crippen LogP contribution in [0.2, 0.25) is 0 Å². The normalized spacial score (nSPS) is 9.92. The topological polar surface area (TPSA) is 122 Å². The molecule has 0 heterocycles. The number of hydrogen-bond acceptors (Lipinski definition) is 6. The van der Waals surface area contributed by atoms with E-state index in [0.717, 1.165) is 27.6 Å². The highest BCUT2D eigenvalue weighted by Gasteiger charge is 2.17. The Morgan fingerprint density at radius 1 is 0.385 bits per heavy atom. The smallest absolute Gasteiger partial charge is 0.101 e. The SMILES string of the molecule is N#Cc1ccc2cc(-c3ccc(N(c4ccc(C#N)c(C#N)c4)c4ccc(C#N)c(C#N)c4)cc3)ccc2c1. The average Bonchev–Trinajstić information content (AvgIpc) is 3.00. The number of rotatable bonds is 4. The van der Waals surface area contributed by atoms with Crippen LogP contribution in [0.15, 0.2) is 97.1 Å². The summed E-state index contributed by atoms with van der Waals surface area (Å²) in [5, 5.41) is 49.1. The Balaban J connectivity index is 1.61. The molecule has 0 saturated heterocycles. The van der Waals surface area contributed by atoms with Crippen molar-refractivity contribution < 1.29 is 0 Å². The minimum atomic E-state index is 0.237. The van der Waals surface area contributed by atoms with Crippen molar-refractivity contribution in [3.05, 3.63) is 125 Å². The predicted octanol–water partition coefficient (Wildman–Crippen LogP) is 7.34. The average molecular weight is 497 g/mol. The van der Waals surface area contributed by atoms with Crippen molar-refractivity contribution in [3.8, 4) is 41.5 Å². The second-order valence-corrected chi connectivity index (χ2v) is 8.68. The summed E-state index contributed by atoms with van der Waals surface area (Å²) in [6, 6.07) is 39.8. The summed E-state index contributed by atoms with van der Waals surface area (Å²) >= 11 is 0. The molecular formula is C33H16N6. The molecule has 5 rings (SSSR count). The second-order valence-electron chi connectivity index (χ2n) is 8.68. The molecule has 0 amide bonds. The Kier molecular flexibility index (Phi) is 6.42. The van der Waals surface area contributed by atoms with Crippen molar-refractivity contribution in [2.24, 2.45) is 0 Å². The lowest BCUT2D eigenvalue weighted by molar-refractivity contribution is 1.27. The van der Waals surface area contributed by atoms with Crippen molar-refractivity contribution in [1.82, 2.24) is 0 Å². The summed E-state index contributed by atoms with van der Waals surface area (Å²) in [5.41, 5.74) is 5.66. The lowest BCUT2D eigenvalue weighted by Gasteiger charge is -2.26. The molecule has 5 aromatic carbocycles. The van der Waals surface area contributed by atoms with Crippen LogP contribution in [-0.4, -0.2) is 0 Å². The molecule has 0 radical (unpaired) electrons.